The molecule has 26 heavy (non-hydrogen) atoms. The number of amidine groups is 1. The molecule has 2 heterocycles. The minimum absolute atomic E-state index is 0.107. The third-order valence-electron chi connectivity index (χ3n) is 4.70. The zero-order valence-electron chi connectivity index (χ0n) is 14.8. The summed E-state index contributed by atoms with van der Waals surface area (Å²) in [6.07, 6.45) is 1.40. The van der Waals surface area contributed by atoms with Crippen LogP contribution in [0, 0.1) is 5.82 Å². The Morgan fingerprint density at radius 2 is 2.19 bits per heavy atom. The van der Waals surface area contributed by atoms with Crippen molar-refractivity contribution in [2.24, 2.45) is 15.8 Å². The maximum absolute atomic E-state index is 14.4. The summed E-state index contributed by atoms with van der Waals surface area (Å²) in [7, 11) is 1.54. The number of amides is 1. The summed E-state index contributed by atoms with van der Waals surface area (Å²) in [6.45, 7) is 1.86. The maximum Gasteiger partial charge on any atom is 0.242 e. The first-order valence-electron chi connectivity index (χ1n) is 8.43. The SMILES string of the molecule is CN1N=C(C(=O)Cc2ccc(F)c([C@]3(C)CCSC(N)=N3)c2)CCC1=O. The second kappa shape index (κ2) is 7.19. The first-order valence-corrected chi connectivity index (χ1v) is 9.41. The number of benzene rings is 1. The Morgan fingerprint density at radius 3 is 2.88 bits per heavy atom. The smallest absolute Gasteiger partial charge is 0.242 e. The summed E-state index contributed by atoms with van der Waals surface area (Å²) in [6, 6.07) is 4.66. The summed E-state index contributed by atoms with van der Waals surface area (Å²) < 4.78 is 14.4. The van der Waals surface area contributed by atoms with Gasteiger partial charge in [0, 0.05) is 37.6 Å². The van der Waals surface area contributed by atoms with E-state index in [0.717, 1.165) is 5.75 Å². The molecule has 8 heteroatoms. The molecule has 2 aliphatic heterocycles. The lowest BCUT2D eigenvalue weighted by molar-refractivity contribution is -0.130. The molecule has 0 spiro atoms. The van der Waals surface area contributed by atoms with Crippen LogP contribution < -0.4 is 5.73 Å². The van der Waals surface area contributed by atoms with Crippen LogP contribution in [0.4, 0.5) is 4.39 Å². The summed E-state index contributed by atoms with van der Waals surface area (Å²) >= 11 is 1.46. The topological polar surface area (TPSA) is 88.1 Å². The van der Waals surface area contributed by atoms with E-state index in [1.54, 1.807) is 12.1 Å². The van der Waals surface area contributed by atoms with Gasteiger partial charge in [-0.05, 0) is 31.0 Å². The zero-order chi connectivity index (χ0) is 18.9. The molecule has 2 N–H and O–H groups in total. The highest BCUT2D eigenvalue weighted by Gasteiger charge is 2.32. The number of ketones is 1. The highest BCUT2D eigenvalue weighted by molar-refractivity contribution is 8.13. The summed E-state index contributed by atoms with van der Waals surface area (Å²) in [5.74, 6) is 0.150. The van der Waals surface area contributed by atoms with Crippen molar-refractivity contribution in [3.63, 3.8) is 0 Å². The van der Waals surface area contributed by atoms with Gasteiger partial charge in [0.25, 0.3) is 0 Å². The lowest BCUT2D eigenvalue weighted by Gasteiger charge is -2.30. The predicted octanol–water partition coefficient (Wildman–Crippen LogP) is 2.21. The second-order valence-corrected chi connectivity index (χ2v) is 7.82. The average molecular weight is 376 g/mol. The molecule has 0 aliphatic carbocycles. The number of hydrogen-bond acceptors (Lipinski definition) is 6. The Labute approximate surface area is 155 Å². The Balaban J connectivity index is 1.84. The molecule has 1 aromatic rings. The molecular formula is C18H21FN4O2S. The molecule has 0 saturated carbocycles. The number of rotatable bonds is 4. The fourth-order valence-electron chi connectivity index (χ4n) is 3.13. The Kier molecular flexibility index (Phi) is 5.13. The minimum atomic E-state index is -0.729. The molecule has 0 radical (unpaired) electrons. The van der Waals surface area contributed by atoms with E-state index in [1.807, 2.05) is 6.92 Å². The summed E-state index contributed by atoms with van der Waals surface area (Å²) in [5, 5.41) is 5.70. The van der Waals surface area contributed by atoms with Gasteiger partial charge in [-0.25, -0.2) is 9.40 Å². The van der Waals surface area contributed by atoms with Crippen molar-refractivity contribution in [1.82, 2.24) is 5.01 Å². The first kappa shape index (κ1) is 18.6. The van der Waals surface area contributed by atoms with Gasteiger partial charge in [0.1, 0.15) is 11.5 Å². The van der Waals surface area contributed by atoms with Gasteiger partial charge in [-0.1, -0.05) is 17.8 Å². The zero-order valence-corrected chi connectivity index (χ0v) is 15.6. The number of aliphatic imine (C=N–C) groups is 1. The molecule has 1 amide bonds. The number of Topliss-reactive ketones (excluding diaryl/α,β-unsaturated/α-hetero) is 1. The average Bonchev–Trinajstić information content (AvgIpc) is 2.58. The van der Waals surface area contributed by atoms with E-state index in [1.165, 1.54) is 29.9 Å². The van der Waals surface area contributed by atoms with E-state index >= 15 is 0 Å². The van der Waals surface area contributed by atoms with Gasteiger partial charge in [-0.2, -0.15) is 5.10 Å². The molecular weight excluding hydrogens is 355 g/mol. The molecule has 0 aromatic heterocycles. The van der Waals surface area contributed by atoms with E-state index in [4.69, 9.17) is 5.73 Å². The molecule has 1 aromatic carbocycles. The largest absolute Gasteiger partial charge is 0.379 e. The van der Waals surface area contributed by atoms with Crippen LogP contribution >= 0.6 is 11.8 Å². The van der Waals surface area contributed by atoms with Crippen molar-refractivity contribution in [3.05, 3.63) is 35.1 Å². The van der Waals surface area contributed by atoms with Crippen molar-refractivity contribution in [1.29, 1.82) is 0 Å². The van der Waals surface area contributed by atoms with E-state index in [2.05, 4.69) is 10.1 Å². The fourth-order valence-corrected chi connectivity index (χ4v) is 4.11. The van der Waals surface area contributed by atoms with Gasteiger partial charge in [-0.15, -0.1) is 0 Å². The summed E-state index contributed by atoms with van der Waals surface area (Å²) in [4.78, 5) is 28.4. The quantitative estimate of drug-likeness (QED) is 0.873. The normalized spacial score (nSPS) is 23.5. The molecule has 0 unspecified atom stereocenters. The second-order valence-electron chi connectivity index (χ2n) is 6.70. The molecule has 1 atom stereocenters. The highest BCUT2D eigenvalue weighted by Crippen LogP contribution is 2.36. The first-order chi connectivity index (χ1) is 12.3. The van der Waals surface area contributed by atoms with Gasteiger partial charge >= 0.3 is 0 Å². The monoisotopic (exact) mass is 376 g/mol. The van der Waals surface area contributed by atoms with Crippen LogP contribution in [0.5, 0.6) is 0 Å². The van der Waals surface area contributed by atoms with E-state index in [-0.39, 0.29) is 30.3 Å². The Hall–Kier alpha value is -2.22. The number of hydrazone groups is 1. The van der Waals surface area contributed by atoms with Crippen molar-refractivity contribution in [2.75, 3.05) is 12.8 Å². The van der Waals surface area contributed by atoms with Crippen LogP contribution in [0.2, 0.25) is 0 Å². The third kappa shape index (κ3) is 3.80. The fraction of sp³-hybridized carbons (Fsp3) is 0.444. The number of nitrogens with two attached hydrogens (primary N) is 1. The van der Waals surface area contributed by atoms with Crippen LogP contribution in [-0.4, -0.2) is 40.4 Å². The van der Waals surface area contributed by atoms with Crippen molar-refractivity contribution >= 4 is 34.3 Å². The van der Waals surface area contributed by atoms with E-state index in [9.17, 15) is 14.0 Å². The molecule has 6 nitrogen and oxygen atoms in total. The van der Waals surface area contributed by atoms with Crippen molar-refractivity contribution in [3.8, 4) is 0 Å². The highest BCUT2D eigenvalue weighted by atomic mass is 32.2. The molecule has 0 saturated heterocycles. The number of carbonyl (C=O) groups is 2. The third-order valence-corrected chi connectivity index (χ3v) is 5.50. The van der Waals surface area contributed by atoms with Crippen LogP contribution in [0.1, 0.15) is 37.3 Å². The minimum Gasteiger partial charge on any atom is -0.379 e. The molecule has 138 valence electrons. The van der Waals surface area contributed by atoms with Crippen molar-refractivity contribution in [2.45, 2.75) is 38.1 Å². The number of halogens is 1. The van der Waals surface area contributed by atoms with Crippen molar-refractivity contribution < 1.29 is 14.0 Å². The predicted molar refractivity (Wildman–Crippen MR) is 101 cm³/mol. The van der Waals surface area contributed by atoms with Gasteiger partial charge in [0.15, 0.2) is 11.0 Å². The standard InChI is InChI=1S/C18H21FN4O2S/c1-18(7-8-26-17(20)21-18)12-9-11(3-4-13(12)19)10-15(24)14-5-6-16(25)23(2)22-14/h3-4,9H,5-8,10H2,1-2H3,(H2,20,21)/t18-/m0/s1. The van der Waals surface area contributed by atoms with Gasteiger partial charge in [0.2, 0.25) is 5.91 Å². The number of carbonyl (C=O) groups excluding carboxylic acids is 2. The summed E-state index contributed by atoms with van der Waals surface area (Å²) in [5.41, 5.74) is 6.62. The Morgan fingerprint density at radius 1 is 1.42 bits per heavy atom. The van der Waals surface area contributed by atoms with Crippen LogP contribution in [0.25, 0.3) is 0 Å². The van der Waals surface area contributed by atoms with Crippen LogP contribution in [0.3, 0.4) is 0 Å². The lowest BCUT2D eigenvalue weighted by atomic mass is 9.87. The van der Waals surface area contributed by atoms with Gasteiger partial charge < -0.3 is 5.73 Å². The van der Waals surface area contributed by atoms with Gasteiger partial charge in [0.05, 0.1) is 5.54 Å². The molecule has 3 rings (SSSR count). The van der Waals surface area contributed by atoms with E-state index < -0.39 is 5.54 Å². The Bertz CT molecular complexity index is 823. The molecule has 2 aliphatic rings. The molecule has 0 fully saturated rings. The van der Waals surface area contributed by atoms with Gasteiger partial charge in [-0.3, -0.25) is 14.6 Å². The molecule has 0 bridgehead atoms. The van der Waals surface area contributed by atoms with Crippen LogP contribution in [-0.2, 0) is 21.5 Å². The number of hydrogen-bond donors (Lipinski definition) is 1. The van der Waals surface area contributed by atoms with Crippen LogP contribution in [0.15, 0.2) is 28.3 Å². The number of nitrogens with zero attached hydrogens (tertiary/aromatic N) is 3. The van der Waals surface area contributed by atoms with E-state index in [0.29, 0.717) is 34.8 Å². The maximum atomic E-state index is 14.4. The number of thioether (sulfide) groups is 1. The lowest BCUT2D eigenvalue weighted by Crippen LogP contribution is -2.32.